The number of nitrogens with zero attached hydrogens (tertiary/aromatic N) is 1. The van der Waals surface area contributed by atoms with E-state index in [0.29, 0.717) is 17.7 Å². The average Bonchev–Trinajstić information content (AvgIpc) is 2.84. The summed E-state index contributed by atoms with van der Waals surface area (Å²) in [5.74, 6) is 0. The third kappa shape index (κ3) is 3.06. The number of anilines is 1. The van der Waals surface area contributed by atoms with E-state index >= 15 is 0 Å². The molecule has 0 spiro atoms. The van der Waals surface area contributed by atoms with E-state index in [9.17, 15) is 4.79 Å². The molecule has 5 heteroatoms. The zero-order valence-electron chi connectivity index (χ0n) is 13.7. The van der Waals surface area contributed by atoms with Crippen molar-refractivity contribution >= 4 is 5.69 Å². The highest BCUT2D eigenvalue weighted by atomic mass is 16.5. The molecule has 2 atom stereocenters. The third-order valence-electron chi connectivity index (χ3n) is 4.89. The highest BCUT2D eigenvalue weighted by Gasteiger charge is 2.30. The second-order valence-electron chi connectivity index (χ2n) is 6.27. The van der Waals surface area contributed by atoms with Crippen LogP contribution in [0.4, 0.5) is 5.69 Å². The van der Waals surface area contributed by atoms with E-state index in [-0.39, 0.29) is 17.8 Å². The Hall–Kier alpha value is -2.01. The zero-order valence-corrected chi connectivity index (χ0v) is 13.7. The summed E-state index contributed by atoms with van der Waals surface area (Å²) in [6.45, 7) is 1.95. The Kier molecular flexibility index (Phi) is 4.57. The third-order valence-corrected chi connectivity index (χ3v) is 4.89. The van der Waals surface area contributed by atoms with E-state index in [4.69, 9.17) is 15.0 Å². The summed E-state index contributed by atoms with van der Waals surface area (Å²) in [7, 11) is 1.73. The summed E-state index contributed by atoms with van der Waals surface area (Å²) in [5.41, 5.74) is 8.95. The van der Waals surface area contributed by atoms with Crippen LogP contribution in [-0.4, -0.2) is 18.0 Å². The Morgan fingerprint density at radius 2 is 2.04 bits per heavy atom. The first-order chi connectivity index (χ1) is 11.1. The normalized spacial score (nSPS) is 21.5. The van der Waals surface area contributed by atoms with Crippen molar-refractivity contribution in [3.63, 3.8) is 0 Å². The number of rotatable bonds is 4. The maximum Gasteiger partial charge on any atom is 0.361 e. The first-order valence-corrected chi connectivity index (χ1v) is 8.19. The molecule has 2 aromatic rings. The quantitative estimate of drug-likeness (QED) is 0.880. The van der Waals surface area contributed by atoms with Gasteiger partial charge >= 0.3 is 5.63 Å². The Balaban J connectivity index is 1.93. The first-order valence-electron chi connectivity index (χ1n) is 8.19. The minimum Gasteiger partial charge on any atom is -0.398 e. The molecule has 0 radical (unpaired) electrons. The molecular weight excluding hydrogens is 292 g/mol. The summed E-state index contributed by atoms with van der Waals surface area (Å²) in [4.78, 5) is 12.3. The van der Waals surface area contributed by atoms with Crippen LogP contribution < -0.4 is 11.4 Å². The van der Waals surface area contributed by atoms with Gasteiger partial charge in [0.15, 0.2) is 0 Å². The summed E-state index contributed by atoms with van der Waals surface area (Å²) in [6.07, 6.45) is 4.87. The summed E-state index contributed by atoms with van der Waals surface area (Å²) in [6, 6.07) is 7.73. The fourth-order valence-electron chi connectivity index (χ4n) is 3.52. The molecule has 124 valence electrons. The topological polar surface area (TPSA) is 70.4 Å². The van der Waals surface area contributed by atoms with Crippen LogP contribution in [0.2, 0.25) is 0 Å². The van der Waals surface area contributed by atoms with Gasteiger partial charge in [-0.05, 0) is 31.4 Å². The van der Waals surface area contributed by atoms with Gasteiger partial charge in [0, 0.05) is 19.2 Å². The summed E-state index contributed by atoms with van der Waals surface area (Å²) >= 11 is 0. The van der Waals surface area contributed by atoms with Gasteiger partial charge in [0.05, 0.1) is 23.4 Å². The van der Waals surface area contributed by atoms with E-state index in [1.807, 2.05) is 31.2 Å². The highest BCUT2D eigenvalue weighted by molar-refractivity contribution is 5.48. The Morgan fingerprint density at radius 3 is 2.78 bits per heavy atom. The predicted octanol–water partition coefficient (Wildman–Crippen LogP) is 3.05. The van der Waals surface area contributed by atoms with Gasteiger partial charge in [0.2, 0.25) is 0 Å². The number of hydrogen-bond acceptors (Lipinski definition) is 4. The molecule has 1 aromatic heterocycles. The number of para-hydroxylation sites is 1. The molecule has 0 amide bonds. The second-order valence-corrected chi connectivity index (χ2v) is 6.27. The van der Waals surface area contributed by atoms with Crippen molar-refractivity contribution in [3.8, 4) is 0 Å². The maximum absolute atomic E-state index is 12.3. The number of aromatic nitrogens is 1. The van der Waals surface area contributed by atoms with Gasteiger partial charge < -0.3 is 15.0 Å². The van der Waals surface area contributed by atoms with Gasteiger partial charge in [-0.3, -0.25) is 0 Å². The molecule has 2 N–H and O–H groups in total. The van der Waals surface area contributed by atoms with Gasteiger partial charge in [0.1, 0.15) is 0 Å². The smallest absolute Gasteiger partial charge is 0.361 e. The lowest BCUT2D eigenvalue weighted by Gasteiger charge is -2.30. The lowest BCUT2D eigenvalue weighted by molar-refractivity contribution is -0.00319. The lowest BCUT2D eigenvalue weighted by atomic mass is 9.92. The molecule has 5 nitrogen and oxygen atoms in total. The molecule has 0 aliphatic heterocycles. The Morgan fingerprint density at radius 1 is 1.30 bits per heavy atom. The second kappa shape index (κ2) is 6.62. The molecule has 0 saturated heterocycles. The number of hydrogen-bond donors (Lipinski definition) is 1. The molecular formula is C18H24N2O3. The van der Waals surface area contributed by atoms with Crippen molar-refractivity contribution in [2.24, 2.45) is 0 Å². The minimum absolute atomic E-state index is 0.100. The minimum atomic E-state index is -0.272. The molecule has 23 heavy (non-hydrogen) atoms. The largest absolute Gasteiger partial charge is 0.398 e. The predicted molar refractivity (Wildman–Crippen MR) is 89.7 cm³/mol. The van der Waals surface area contributed by atoms with Crippen molar-refractivity contribution in [1.82, 2.24) is 4.74 Å². The van der Waals surface area contributed by atoms with E-state index < -0.39 is 0 Å². The highest BCUT2D eigenvalue weighted by Crippen LogP contribution is 2.32. The summed E-state index contributed by atoms with van der Waals surface area (Å²) < 4.78 is 12.9. The van der Waals surface area contributed by atoms with Crippen LogP contribution in [0.15, 0.2) is 33.6 Å². The van der Waals surface area contributed by atoms with Crippen LogP contribution in [0, 0.1) is 6.92 Å². The standard InChI is InChI=1S/C18H24N2O3/c1-12-14(11-13-7-3-4-8-15(13)19)18(21)23-20(12)16-9-5-6-10-17(16)22-2/h3-4,7-8,16-17H,5-6,9-11,19H2,1-2H3. The van der Waals surface area contributed by atoms with Crippen LogP contribution in [0.3, 0.4) is 0 Å². The SMILES string of the molecule is COC1CCCCC1n1oc(=O)c(Cc2ccccc2N)c1C. The average molecular weight is 316 g/mol. The first kappa shape index (κ1) is 15.9. The van der Waals surface area contributed by atoms with E-state index in [1.165, 1.54) is 0 Å². The van der Waals surface area contributed by atoms with E-state index in [0.717, 1.165) is 36.9 Å². The molecule has 0 bridgehead atoms. The Labute approximate surface area is 136 Å². The molecule has 1 aromatic carbocycles. The van der Waals surface area contributed by atoms with Crippen LogP contribution in [0.1, 0.15) is 48.5 Å². The van der Waals surface area contributed by atoms with Gasteiger partial charge in [-0.25, -0.2) is 9.53 Å². The molecule has 3 rings (SSSR count). The lowest BCUT2D eigenvalue weighted by Crippen LogP contribution is -2.29. The van der Waals surface area contributed by atoms with Crippen molar-refractivity contribution in [3.05, 3.63) is 51.5 Å². The molecule has 1 saturated carbocycles. The van der Waals surface area contributed by atoms with Crippen molar-refractivity contribution in [2.45, 2.75) is 51.2 Å². The summed E-state index contributed by atoms with van der Waals surface area (Å²) in [5, 5.41) is 0. The van der Waals surface area contributed by atoms with Gasteiger partial charge in [-0.1, -0.05) is 31.0 Å². The van der Waals surface area contributed by atoms with Crippen LogP contribution >= 0.6 is 0 Å². The number of ether oxygens (including phenoxy) is 1. The molecule has 1 fully saturated rings. The monoisotopic (exact) mass is 316 g/mol. The number of nitrogen functional groups attached to an aromatic ring is 1. The molecule has 1 aliphatic rings. The fraction of sp³-hybridized carbons (Fsp3) is 0.500. The molecule has 1 heterocycles. The number of methoxy groups -OCH3 is 1. The fourth-order valence-corrected chi connectivity index (χ4v) is 3.52. The van der Waals surface area contributed by atoms with Crippen molar-refractivity contribution < 1.29 is 9.26 Å². The Bertz CT molecular complexity index is 732. The van der Waals surface area contributed by atoms with Gasteiger partial charge in [0.25, 0.3) is 0 Å². The van der Waals surface area contributed by atoms with Crippen molar-refractivity contribution in [1.29, 1.82) is 0 Å². The van der Waals surface area contributed by atoms with Crippen molar-refractivity contribution in [2.75, 3.05) is 12.8 Å². The van der Waals surface area contributed by atoms with Gasteiger partial charge in [-0.15, -0.1) is 0 Å². The number of benzene rings is 1. The van der Waals surface area contributed by atoms with E-state index in [1.54, 1.807) is 11.8 Å². The molecule has 2 unspecified atom stereocenters. The van der Waals surface area contributed by atoms with Crippen LogP contribution in [-0.2, 0) is 11.2 Å². The van der Waals surface area contributed by atoms with Crippen LogP contribution in [0.25, 0.3) is 0 Å². The van der Waals surface area contributed by atoms with Crippen LogP contribution in [0.5, 0.6) is 0 Å². The number of nitrogens with two attached hydrogens (primary N) is 1. The van der Waals surface area contributed by atoms with Gasteiger partial charge in [-0.2, -0.15) is 0 Å². The zero-order chi connectivity index (χ0) is 16.4. The maximum atomic E-state index is 12.3. The molecule has 1 aliphatic carbocycles. The van der Waals surface area contributed by atoms with E-state index in [2.05, 4.69) is 0 Å².